The van der Waals surface area contributed by atoms with Gasteiger partial charge in [-0.15, -0.1) is 6.58 Å². The smallest absolute Gasteiger partial charge is 0.254 e. The lowest BCUT2D eigenvalue weighted by atomic mass is 9.55. The van der Waals surface area contributed by atoms with Crippen molar-refractivity contribution in [2.45, 2.75) is 88.2 Å². The van der Waals surface area contributed by atoms with Crippen LogP contribution in [0, 0.1) is 17.8 Å². The summed E-state index contributed by atoms with van der Waals surface area (Å²) in [5, 5.41) is 26.8. The maximum atomic E-state index is 14.9. The molecule has 0 radical (unpaired) electrons. The highest BCUT2D eigenvalue weighted by Crippen LogP contribution is 2.62. The summed E-state index contributed by atoms with van der Waals surface area (Å²) in [4.78, 5) is 34.6. The van der Waals surface area contributed by atoms with E-state index in [-0.39, 0.29) is 49.9 Å². The minimum absolute atomic E-state index is 0.0427. The maximum absolute atomic E-state index is 14.9. The molecule has 2 N–H and O–H groups in total. The number of fused-ring (bicyclic) bond motifs is 3. The first-order valence-corrected chi connectivity index (χ1v) is 22.2. The van der Waals surface area contributed by atoms with Gasteiger partial charge in [0.25, 0.3) is 5.91 Å². The van der Waals surface area contributed by atoms with Gasteiger partial charge in [0.2, 0.25) is 12.1 Å². The van der Waals surface area contributed by atoms with Gasteiger partial charge >= 0.3 is 0 Å². The Kier molecular flexibility index (Phi) is 13.8. The molecule has 1 saturated heterocycles. The molecule has 11 heteroatoms. The van der Waals surface area contributed by atoms with Gasteiger partial charge < -0.3 is 38.9 Å². The molecule has 62 heavy (non-hydrogen) atoms. The van der Waals surface area contributed by atoms with Gasteiger partial charge in [0, 0.05) is 55.7 Å². The first-order chi connectivity index (χ1) is 30.4. The molecule has 1 saturated carbocycles. The number of unbranched alkanes of at least 4 members (excludes halogenated alkanes) is 2. The van der Waals surface area contributed by atoms with E-state index in [4.69, 9.17) is 28.9 Å². The number of ether oxygens (including phenoxy) is 4. The van der Waals surface area contributed by atoms with Crippen molar-refractivity contribution >= 4 is 28.7 Å². The number of carbonyl (C=O) groups is 2. The van der Waals surface area contributed by atoms with E-state index < -0.39 is 24.0 Å². The Labute approximate surface area is 363 Å². The highest BCUT2D eigenvalue weighted by atomic mass is 16.8. The lowest BCUT2D eigenvalue weighted by Gasteiger charge is -2.59. The molecule has 0 aromatic heterocycles. The highest BCUT2D eigenvalue weighted by Gasteiger charge is 2.65. The molecule has 11 nitrogen and oxygen atoms in total. The van der Waals surface area contributed by atoms with Gasteiger partial charge in [0.15, 0.2) is 0 Å². The molecule has 0 bridgehead atoms. The summed E-state index contributed by atoms with van der Waals surface area (Å²) in [6.45, 7) is 4.99. The van der Waals surface area contributed by atoms with E-state index in [1.165, 1.54) is 0 Å². The Morgan fingerprint density at radius 2 is 1.74 bits per heavy atom. The first kappa shape index (κ1) is 43.3. The number of oxime groups is 1. The van der Waals surface area contributed by atoms with Gasteiger partial charge in [0.05, 0.1) is 24.8 Å². The second-order valence-corrected chi connectivity index (χ2v) is 16.9. The van der Waals surface area contributed by atoms with E-state index in [0.29, 0.717) is 53.5 Å². The highest BCUT2D eigenvalue weighted by molar-refractivity contribution is 6.04. The van der Waals surface area contributed by atoms with Gasteiger partial charge in [-0.05, 0) is 109 Å². The Hall–Kier alpha value is -5.33. The van der Waals surface area contributed by atoms with Crippen molar-refractivity contribution in [2.75, 3.05) is 33.5 Å². The van der Waals surface area contributed by atoms with Crippen LogP contribution in [0.4, 0.5) is 0 Å². The molecule has 0 spiro atoms. The lowest BCUT2D eigenvalue weighted by molar-refractivity contribution is -0.252. The van der Waals surface area contributed by atoms with Crippen LogP contribution in [-0.2, 0) is 14.3 Å². The number of hydrogen-bond donors (Lipinski definition) is 2. The van der Waals surface area contributed by atoms with Crippen LogP contribution in [0.25, 0.3) is 10.8 Å². The number of benzene rings is 4. The van der Waals surface area contributed by atoms with E-state index >= 15 is 0 Å². The Morgan fingerprint density at radius 1 is 0.935 bits per heavy atom. The third-order valence-electron chi connectivity index (χ3n) is 13.1. The zero-order chi connectivity index (χ0) is 43.1. The number of nitrogens with zero attached hydrogens (tertiary/aromatic N) is 2. The summed E-state index contributed by atoms with van der Waals surface area (Å²) >= 11 is 0. The topological polar surface area (TPSA) is 136 Å². The van der Waals surface area contributed by atoms with E-state index in [0.717, 1.165) is 73.1 Å². The number of likely N-dealkylation sites (N-methyl/N-ethyl adjacent to an activating group) is 1. The molecule has 2 aliphatic carbocycles. The van der Waals surface area contributed by atoms with Crippen LogP contribution in [0.1, 0.15) is 96.4 Å². The first-order valence-electron chi connectivity index (χ1n) is 22.2. The third-order valence-corrected chi connectivity index (χ3v) is 13.1. The fraction of sp³-hybridized carbons (Fsp3) is 0.431. The van der Waals surface area contributed by atoms with E-state index in [9.17, 15) is 19.8 Å². The molecule has 2 aliphatic heterocycles. The summed E-state index contributed by atoms with van der Waals surface area (Å²) in [6.07, 6.45) is 11.9. The molecular formula is C51H58N2O9. The summed E-state index contributed by atoms with van der Waals surface area (Å²) in [7, 11) is 1.82. The molecule has 7 atom stereocenters. The van der Waals surface area contributed by atoms with Crippen LogP contribution in [-0.4, -0.2) is 84.6 Å². The summed E-state index contributed by atoms with van der Waals surface area (Å²) in [5.41, 5.74) is 3.64. The minimum atomic E-state index is -1.40. The number of carbonyl (C=O) groups excluding carboxylic acids is 2. The fourth-order valence-corrected chi connectivity index (χ4v) is 10.2. The van der Waals surface area contributed by atoms with Crippen molar-refractivity contribution in [3.8, 4) is 17.2 Å². The summed E-state index contributed by atoms with van der Waals surface area (Å²) in [6, 6.07) is 25.9. The number of aliphatic hydroxyl groups excluding tert-OH is 2. The van der Waals surface area contributed by atoms with Gasteiger partial charge in [0.1, 0.15) is 29.6 Å². The number of hydrogen-bond acceptors (Lipinski definition) is 10. The van der Waals surface area contributed by atoms with Crippen molar-refractivity contribution in [3.05, 3.63) is 126 Å². The lowest BCUT2D eigenvalue weighted by Crippen LogP contribution is -2.69. The third kappa shape index (κ3) is 8.95. The molecule has 4 aliphatic rings. The van der Waals surface area contributed by atoms with Crippen molar-refractivity contribution < 1.29 is 43.6 Å². The Bertz CT molecular complexity index is 2280. The largest absolute Gasteiger partial charge is 0.459 e. The minimum Gasteiger partial charge on any atom is -0.459 e. The van der Waals surface area contributed by atoms with Crippen LogP contribution >= 0.6 is 0 Å². The second kappa shape index (κ2) is 19.8. The molecule has 1 amide bonds. The van der Waals surface area contributed by atoms with Crippen LogP contribution < -0.4 is 9.47 Å². The molecule has 326 valence electrons. The molecular weight excluding hydrogens is 785 g/mol. The molecule has 1 unspecified atom stereocenters. The predicted molar refractivity (Wildman–Crippen MR) is 238 cm³/mol. The van der Waals surface area contributed by atoms with Crippen LogP contribution in [0.15, 0.2) is 114 Å². The second-order valence-electron chi connectivity index (χ2n) is 16.9. The number of aliphatic hydroxyl groups is 2. The number of allylic oxidation sites excluding steroid dienone is 1. The summed E-state index contributed by atoms with van der Waals surface area (Å²) < 4.78 is 26.9. The normalized spacial score (nSPS) is 25.8. The standard InChI is InChI=1S/C51H58N2O9/c1-3-26-59-51-46(53(2)50(57)38-21-20-35-14-4-5-15-36(35)29-38)32-44(52-62-47-19-8-11-27-58-47)42-30-37(16-6-9-24-54)41(18-7-10-25-55)48(49(42)51)43-31-40(22-23-45(43)61-51)60-39-17-12-13-34(28-39)33-56/h3-5,12-15,17,20-23,28-31,33,37,41,46-49,54-55H,1,6-11,16,18-19,24-27,32H2,2H3/t37-,41+,46-,47?,48+,49+,51+/m0/s1. The average Bonchev–Trinajstić information content (AvgIpc) is 3.31. The fourth-order valence-electron chi connectivity index (χ4n) is 10.2. The monoisotopic (exact) mass is 842 g/mol. The van der Waals surface area contributed by atoms with Gasteiger partial charge in [-0.2, -0.15) is 0 Å². The van der Waals surface area contributed by atoms with E-state index in [1.807, 2.05) is 73.8 Å². The quantitative estimate of drug-likeness (QED) is 0.0435. The number of aldehydes is 1. The predicted octanol–water partition coefficient (Wildman–Crippen LogP) is 9.38. The van der Waals surface area contributed by atoms with Gasteiger partial charge in [-0.1, -0.05) is 72.6 Å². The van der Waals surface area contributed by atoms with Crippen LogP contribution in [0.2, 0.25) is 0 Å². The van der Waals surface area contributed by atoms with E-state index in [1.54, 1.807) is 29.2 Å². The average molecular weight is 843 g/mol. The van der Waals surface area contributed by atoms with Crippen molar-refractivity contribution in [3.63, 3.8) is 0 Å². The molecule has 2 heterocycles. The van der Waals surface area contributed by atoms with Crippen molar-refractivity contribution in [1.29, 1.82) is 0 Å². The number of amides is 1. The molecule has 8 rings (SSSR count). The zero-order valence-corrected chi connectivity index (χ0v) is 35.5. The number of rotatable bonds is 18. The van der Waals surface area contributed by atoms with Gasteiger partial charge in [-0.3, -0.25) is 9.59 Å². The molecule has 2 fully saturated rings. The SMILES string of the molecule is C=CCO[C@@]12Oc3ccc(Oc4cccc(C=O)c4)cc3[C@H]3[C@H](CCCCO)[C@@H](CCCCO)C=C(C(=NOC4CCCCO4)C[C@@H]1N(C)C(=O)c1ccc4ccccc4c1)[C@H]32. The van der Waals surface area contributed by atoms with Crippen LogP contribution in [0.3, 0.4) is 0 Å². The Balaban J connectivity index is 1.31. The van der Waals surface area contributed by atoms with Gasteiger partial charge in [-0.25, -0.2) is 0 Å². The van der Waals surface area contributed by atoms with Crippen molar-refractivity contribution in [2.24, 2.45) is 22.9 Å². The zero-order valence-electron chi connectivity index (χ0n) is 35.5. The maximum Gasteiger partial charge on any atom is 0.254 e. The molecule has 4 aromatic carbocycles. The summed E-state index contributed by atoms with van der Waals surface area (Å²) in [5.74, 6) is -0.440. The molecule has 4 aromatic rings. The van der Waals surface area contributed by atoms with Crippen molar-refractivity contribution in [1.82, 2.24) is 4.90 Å². The Morgan fingerprint density at radius 3 is 2.52 bits per heavy atom. The van der Waals surface area contributed by atoms with E-state index in [2.05, 4.69) is 12.7 Å². The van der Waals surface area contributed by atoms with Crippen LogP contribution in [0.5, 0.6) is 17.2 Å².